The number of aromatic nitrogens is 6. The highest BCUT2D eigenvalue weighted by molar-refractivity contribution is 5.33. The van der Waals surface area contributed by atoms with E-state index in [9.17, 15) is 4.79 Å². The van der Waals surface area contributed by atoms with Gasteiger partial charge in [0.15, 0.2) is 5.82 Å². The molecular weight excluding hydrogens is 318 g/mol. The molecule has 0 aliphatic carbocycles. The minimum atomic E-state index is -0.106. The molecule has 0 spiro atoms. The first-order valence-corrected chi connectivity index (χ1v) is 8.58. The molecule has 8 heteroatoms. The van der Waals surface area contributed by atoms with Crippen LogP contribution in [-0.4, -0.2) is 40.8 Å². The van der Waals surface area contributed by atoms with Gasteiger partial charge in [0, 0.05) is 32.3 Å². The second kappa shape index (κ2) is 6.36. The quantitative estimate of drug-likeness (QED) is 0.702. The Hall–Kier alpha value is -2.61. The van der Waals surface area contributed by atoms with Gasteiger partial charge in [-0.25, -0.2) is 0 Å². The van der Waals surface area contributed by atoms with E-state index >= 15 is 0 Å². The SMILES string of the molecule is CC(C)Cc1nnc2c(=O)n3c(nn12)CN(Cc1ccccn1)CC3. The molecule has 0 saturated carbocycles. The van der Waals surface area contributed by atoms with Crippen LogP contribution in [-0.2, 0) is 26.1 Å². The van der Waals surface area contributed by atoms with Crippen LogP contribution in [0, 0.1) is 5.92 Å². The Kier molecular flexibility index (Phi) is 4.04. The fourth-order valence-corrected chi connectivity index (χ4v) is 3.17. The number of fused-ring (bicyclic) bond motifs is 2. The van der Waals surface area contributed by atoms with Crippen LogP contribution >= 0.6 is 0 Å². The Morgan fingerprint density at radius 2 is 2.08 bits per heavy atom. The molecule has 4 heterocycles. The highest BCUT2D eigenvalue weighted by Crippen LogP contribution is 2.13. The van der Waals surface area contributed by atoms with Crippen molar-refractivity contribution in [2.45, 2.75) is 39.9 Å². The largest absolute Gasteiger partial charge is 0.299 e. The lowest BCUT2D eigenvalue weighted by molar-refractivity contribution is 0.199. The van der Waals surface area contributed by atoms with Crippen LogP contribution in [0.1, 0.15) is 31.2 Å². The third-order valence-corrected chi connectivity index (χ3v) is 4.38. The molecule has 0 aromatic carbocycles. The molecule has 8 nitrogen and oxygen atoms in total. The lowest BCUT2D eigenvalue weighted by Gasteiger charge is -2.28. The Morgan fingerprint density at radius 3 is 2.84 bits per heavy atom. The van der Waals surface area contributed by atoms with E-state index < -0.39 is 0 Å². The smallest absolute Gasteiger partial charge is 0.290 e. The number of rotatable bonds is 4. The lowest BCUT2D eigenvalue weighted by atomic mass is 10.1. The summed E-state index contributed by atoms with van der Waals surface area (Å²) in [4.78, 5) is 19.3. The van der Waals surface area contributed by atoms with Gasteiger partial charge in [0.2, 0.25) is 5.65 Å². The lowest BCUT2D eigenvalue weighted by Crippen LogP contribution is -2.41. The minimum absolute atomic E-state index is 0.106. The van der Waals surface area contributed by atoms with E-state index in [1.807, 2.05) is 18.2 Å². The van der Waals surface area contributed by atoms with E-state index in [0.717, 1.165) is 36.9 Å². The second-order valence-electron chi connectivity index (χ2n) is 6.85. The predicted molar refractivity (Wildman–Crippen MR) is 91.9 cm³/mol. The van der Waals surface area contributed by atoms with Gasteiger partial charge in [-0.2, -0.15) is 4.52 Å². The fraction of sp³-hybridized carbons (Fsp3) is 0.471. The number of hydrogen-bond acceptors (Lipinski definition) is 6. The molecular formula is C17H21N7O. The monoisotopic (exact) mass is 339 g/mol. The fourth-order valence-electron chi connectivity index (χ4n) is 3.17. The molecule has 1 aliphatic rings. The first-order valence-electron chi connectivity index (χ1n) is 8.58. The summed E-state index contributed by atoms with van der Waals surface area (Å²) in [5, 5.41) is 12.9. The van der Waals surface area contributed by atoms with E-state index in [2.05, 4.69) is 39.0 Å². The summed E-state index contributed by atoms with van der Waals surface area (Å²) < 4.78 is 3.34. The van der Waals surface area contributed by atoms with Gasteiger partial charge >= 0.3 is 0 Å². The Morgan fingerprint density at radius 1 is 1.20 bits per heavy atom. The van der Waals surface area contributed by atoms with Crippen molar-refractivity contribution < 1.29 is 0 Å². The molecule has 0 N–H and O–H groups in total. The van der Waals surface area contributed by atoms with Gasteiger partial charge in [-0.3, -0.25) is 19.2 Å². The summed E-state index contributed by atoms with van der Waals surface area (Å²) >= 11 is 0. The molecule has 0 saturated heterocycles. The summed E-state index contributed by atoms with van der Waals surface area (Å²) in [7, 11) is 0. The molecule has 0 atom stereocenters. The van der Waals surface area contributed by atoms with Crippen LogP contribution < -0.4 is 5.56 Å². The number of hydrogen-bond donors (Lipinski definition) is 0. The summed E-state index contributed by atoms with van der Waals surface area (Å²) in [6.07, 6.45) is 2.55. The van der Waals surface area contributed by atoms with Crippen LogP contribution in [0.5, 0.6) is 0 Å². The van der Waals surface area contributed by atoms with Crippen molar-refractivity contribution in [3.8, 4) is 0 Å². The van der Waals surface area contributed by atoms with Crippen LogP contribution in [0.3, 0.4) is 0 Å². The maximum atomic E-state index is 12.7. The third-order valence-electron chi connectivity index (χ3n) is 4.38. The van der Waals surface area contributed by atoms with Crippen LogP contribution in [0.25, 0.3) is 5.65 Å². The number of nitrogens with zero attached hydrogens (tertiary/aromatic N) is 7. The van der Waals surface area contributed by atoms with E-state index in [0.29, 0.717) is 24.7 Å². The van der Waals surface area contributed by atoms with Crippen LogP contribution in [0.2, 0.25) is 0 Å². The zero-order valence-electron chi connectivity index (χ0n) is 14.5. The van der Waals surface area contributed by atoms with Crippen molar-refractivity contribution in [1.82, 2.24) is 34.3 Å². The summed E-state index contributed by atoms with van der Waals surface area (Å²) in [5.74, 6) is 1.92. The van der Waals surface area contributed by atoms with Gasteiger partial charge in [0.05, 0.1) is 12.2 Å². The molecule has 3 aromatic rings. The summed E-state index contributed by atoms with van der Waals surface area (Å²) in [5.41, 5.74) is 1.23. The molecule has 0 unspecified atom stereocenters. The van der Waals surface area contributed by atoms with Gasteiger partial charge in [0.25, 0.3) is 5.56 Å². The zero-order valence-corrected chi connectivity index (χ0v) is 14.5. The van der Waals surface area contributed by atoms with Crippen molar-refractivity contribution in [3.63, 3.8) is 0 Å². The molecule has 0 radical (unpaired) electrons. The first-order chi connectivity index (χ1) is 12.1. The highest BCUT2D eigenvalue weighted by atomic mass is 16.1. The maximum Gasteiger partial charge on any atom is 0.299 e. The molecule has 1 aliphatic heterocycles. The molecule has 0 fully saturated rings. The Balaban J connectivity index is 1.66. The molecule has 25 heavy (non-hydrogen) atoms. The van der Waals surface area contributed by atoms with Crippen molar-refractivity contribution in [1.29, 1.82) is 0 Å². The van der Waals surface area contributed by atoms with Gasteiger partial charge < -0.3 is 0 Å². The van der Waals surface area contributed by atoms with Gasteiger partial charge in [-0.1, -0.05) is 19.9 Å². The van der Waals surface area contributed by atoms with Crippen LogP contribution in [0.15, 0.2) is 29.2 Å². The summed E-state index contributed by atoms with van der Waals surface area (Å²) in [6.45, 7) is 6.98. The van der Waals surface area contributed by atoms with Crippen molar-refractivity contribution in [2.75, 3.05) is 6.54 Å². The summed E-state index contributed by atoms with van der Waals surface area (Å²) in [6, 6.07) is 5.91. The molecule has 130 valence electrons. The normalized spacial score (nSPS) is 15.0. The van der Waals surface area contributed by atoms with E-state index in [-0.39, 0.29) is 5.56 Å². The van der Waals surface area contributed by atoms with Gasteiger partial charge in [-0.15, -0.1) is 15.3 Å². The van der Waals surface area contributed by atoms with Gasteiger partial charge in [0.1, 0.15) is 5.82 Å². The van der Waals surface area contributed by atoms with E-state index in [1.54, 1.807) is 15.3 Å². The van der Waals surface area contributed by atoms with E-state index in [4.69, 9.17) is 0 Å². The molecule has 0 amide bonds. The second-order valence-corrected chi connectivity index (χ2v) is 6.85. The first kappa shape index (κ1) is 15.9. The van der Waals surface area contributed by atoms with Crippen molar-refractivity contribution in [3.05, 3.63) is 52.1 Å². The number of pyridine rings is 1. The standard InChI is InChI=1S/C17H21N7O/c1-12(2)9-14-19-20-16-17(25)23-8-7-22(11-15(23)21-24(14)16)10-13-5-3-4-6-18-13/h3-6,12H,7-11H2,1-2H3. The molecule has 4 rings (SSSR count). The Labute approximate surface area is 145 Å². The van der Waals surface area contributed by atoms with Gasteiger partial charge in [-0.05, 0) is 18.1 Å². The van der Waals surface area contributed by atoms with Crippen LogP contribution in [0.4, 0.5) is 0 Å². The molecule has 3 aromatic heterocycles. The maximum absolute atomic E-state index is 12.7. The van der Waals surface area contributed by atoms with Crippen molar-refractivity contribution >= 4 is 5.65 Å². The molecule has 0 bridgehead atoms. The van der Waals surface area contributed by atoms with Crippen molar-refractivity contribution in [2.24, 2.45) is 5.92 Å². The zero-order chi connectivity index (χ0) is 17.4. The predicted octanol–water partition coefficient (Wildman–Crippen LogP) is 0.895. The highest BCUT2D eigenvalue weighted by Gasteiger charge is 2.23. The minimum Gasteiger partial charge on any atom is -0.290 e. The van der Waals surface area contributed by atoms with E-state index in [1.165, 1.54) is 0 Å². The Bertz CT molecular complexity index is 945. The third kappa shape index (κ3) is 3.05. The average Bonchev–Trinajstić information content (AvgIpc) is 2.98. The average molecular weight is 339 g/mol. The topological polar surface area (TPSA) is 81.2 Å².